The van der Waals surface area contributed by atoms with Crippen molar-refractivity contribution in [3.63, 3.8) is 0 Å². The molecule has 8 heteroatoms. The molecule has 0 saturated carbocycles. The molecule has 1 amide bonds. The summed E-state index contributed by atoms with van der Waals surface area (Å²) in [6.07, 6.45) is -8.09. The van der Waals surface area contributed by atoms with E-state index in [0.29, 0.717) is 0 Å². The Bertz CT molecular complexity index is 493. The number of rotatable bonds is 4. The van der Waals surface area contributed by atoms with Crippen molar-refractivity contribution in [1.82, 2.24) is 5.32 Å². The third-order valence-electron chi connectivity index (χ3n) is 2.56. The van der Waals surface area contributed by atoms with Crippen LogP contribution in [0.15, 0.2) is 18.2 Å². The lowest BCUT2D eigenvalue weighted by molar-refractivity contribution is -0.140. The van der Waals surface area contributed by atoms with Gasteiger partial charge in [0.25, 0.3) is 0 Å². The van der Waals surface area contributed by atoms with Gasteiger partial charge >= 0.3 is 6.18 Å². The van der Waals surface area contributed by atoms with Crippen LogP contribution in [-0.4, -0.2) is 28.8 Å². The van der Waals surface area contributed by atoms with Gasteiger partial charge in [-0.15, -0.1) is 0 Å². The van der Waals surface area contributed by atoms with Gasteiger partial charge in [0.15, 0.2) is 0 Å². The summed E-state index contributed by atoms with van der Waals surface area (Å²) >= 11 is 5.61. The van der Waals surface area contributed by atoms with Crippen LogP contribution in [0.5, 0.6) is 0 Å². The van der Waals surface area contributed by atoms with E-state index in [4.69, 9.17) is 11.6 Å². The van der Waals surface area contributed by atoms with Crippen LogP contribution in [0.2, 0.25) is 5.02 Å². The van der Waals surface area contributed by atoms with Crippen LogP contribution in [0.3, 0.4) is 0 Å². The summed E-state index contributed by atoms with van der Waals surface area (Å²) in [6.45, 7) is 0.805. The zero-order chi connectivity index (χ0) is 15.5. The fraction of sp³-hybridized carbons (Fsp3) is 0.417. The van der Waals surface area contributed by atoms with Crippen molar-refractivity contribution in [2.45, 2.75) is 25.3 Å². The Labute approximate surface area is 118 Å². The van der Waals surface area contributed by atoms with Gasteiger partial charge in [-0.1, -0.05) is 11.6 Å². The quantitative estimate of drug-likeness (QED) is 0.795. The fourth-order valence-corrected chi connectivity index (χ4v) is 1.78. The van der Waals surface area contributed by atoms with Gasteiger partial charge in [-0.05, 0) is 23.8 Å². The molecule has 0 fully saturated rings. The van der Waals surface area contributed by atoms with Gasteiger partial charge in [-0.3, -0.25) is 4.79 Å². The highest BCUT2D eigenvalue weighted by atomic mass is 35.5. The number of carbonyl (C=O) groups is 1. The highest BCUT2D eigenvalue weighted by molar-refractivity contribution is 6.30. The van der Waals surface area contributed by atoms with E-state index >= 15 is 0 Å². The molecule has 2 atom stereocenters. The van der Waals surface area contributed by atoms with Gasteiger partial charge in [0.05, 0.1) is 5.56 Å². The van der Waals surface area contributed by atoms with E-state index in [1.165, 1.54) is 6.92 Å². The highest BCUT2D eigenvalue weighted by Gasteiger charge is 2.36. The van der Waals surface area contributed by atoms with Gasteiger partial charge in [0.1, 0.15) is 12.2 Å². The Balaban J connectivity index is 3.04. The second-order valence-electron chi connectivity index (χ2n) is 4.18. The molecule has 0 spiro atoms. The normalized spacial score (nSPS) is 14.8. The average Bonchev–Trinajstić information content (AvgIpc) is 2.33. The molecule has 20 heavy (non-hydrogen) atoms. The largest absolute Gasteiger partial charge is 0.416 e. The standard InChI is InChI=1S/C12H13ClF3NO3/c1-6(18)17-5-10(19)11(20)8-4-7(13)2-3-9(8)12(14,15)16/h2-4,10-11,19-20H,5H2,1H3,(H,17,18). The van der Waals surface area contributed by atoms with E-state index in [2.05, 4.69) is 5.32 Å². The molecule has 0 aromatic heterocycles. The van der Waals surface area contributed by atoms with Gasteiger partial charge in [0, 0.05) is 18.5 Å². The summed E-state index contributed by atoms with van der Waals surface area (Å²) in [7, 11) is 0. The Hall–Kier alpha value is -1.31. The van der Waals surface area contributed by atoms with Crippen LogP contribution in [0, 0.1) is 0 Å². The van der Waals surface area contributed by atoms with Crippen LogP contribution in [0.1, 0.15) is 24.2 Å². The van der Waals surface area contributed by atoms with Crippen molar-refractivity contribution < 1.29 is 28.2 Å². The lowest BCUT2D eigenvalue weighted by Crippen LogP contribution is -2.34. The zero-order valence-corrected chi connectivity index (χ0v) is 11.2. The summed E-state index contributed by atoms with van der Waals surface area (Å²) in [6, 6.07) is 2.71. The maximum Gasteiger partial charge on any atom is 0.416 e. The summed E-state index contributed by atoms with van der Waals surface area (Å²) in [5, 5.41) is 21.6. The molecule has 2 unspecified atom stereocenters. The molecule has 0 heterocycles. The molecule has 0 bridgehead atoms. The monoisotopic (exact) mass is 311 g/mol. The van der Waals surface area contributed by atoms with Crippen LogP contribution < -0.4 is 5.32 Å². The summed E-state index contributed by atoms with van der Waals surface area (Å²) in [5.74, 6) is -0.474. The predicted octanol–water partition coefficient (Wildman–Crippen LogP) is 1.89. The molecule has 0 aliphatic heterocycles. The van der Waals surface area contributed by atoms with E-state index in [1.54, 1.807) is 0 Å². The molecule has 0 aliphatic rings. The maximum absolute atomic E-state index is 12.8. The van der Waals surface area contributed by atoms with Crippen LogP contribution >= 0.6 is 11.6 Å². The maximum atomic E-state index is 12.8. The lowest BCUT2D eigenvalue weighted by atomic mass is 9.98. The second kappa shape index (κ2) is 6.43. The number of hydrogen-bond donors (Lipinski definition) is 3. The average molecular weight is 312 g/mol. The van der Waals surface area contributed by atoms with E-state index < -0.39 is 35.4 Å². The SMILES string of the molecule is CC(=O)NCC(O)C(O)c1cc(Cl)ccc1C(F)(F)F. The van der Waals surface area contributed by atoms with E-state index in [0.717, 1.165) is 18.2 Å². The first kappa shape index (κ1) is 16.7. The molecule has 0 saturated heterocycles. The minimum atomic E-state index is -4.69. The number of nitrogens with one attached hydrogen (secondary N) is 1. The molecule has 0 radical (unpaired) electrons. The Kier molecular flexibility index (Phi) is 5.38. The molecule has 0 aliphatic carbocycles. The summed E-state index contributed by atoms with van der Waals surface area (Å²) in [4.78, 5) is 10.7. The first-order chi connectivity index (χ1) is 9.12. The van der Waals surface area contributed by atoms with Crippen LogP contribution in [0.25, 0.3) is 0 Å². The van der Waals surface area contributed by atoms with Crippen molar-refractivity contribution in [3.8, 4) is 0 Å². The molecule has 1 aromatic carbocycles. The fourth-order valence-electron chi connectivity index (χ4n) is 1.60. The van der Waals surface area contributed by atoms with Crippen LogP contribution in [0.4, 0.5) is 13.2 Å². The summed E-state index contributed by atoms with van der Waals surface area (Å²) in [5.41, 5.74) is -1.63. The predicted molar refractivity (Wildman–Crippen MR) is 66.1 cm³/mol. The molecule has 112 valence electrons. The number of alkyl halides is 3. The van der Waals surface area contributed by atoms with E-state index in [9.17, 15) is 28.2 Å². The van der Waals surface area contributed by atoms with E-state index in [-0.39, 0.29) is 11.6 Å². The van der Waals surface area contributed by atoms with E-state index in [1.807, 2.05) is 0 Å². The number of carbonyl (C=O) groups excluding carboxylic acids is 1. The number of aliphatic hydroxyl groups excluding tert-OH is 2. The molecular formula is C12H13ClF3NO3. The Morgan fingerprint density at radius 3 is 2.50 bits per heavy atom. The Morgan fingerprint density at radius 1 is 1.40 bits per heavy atom. The summed E-state index contributed by atoms with van der Waals surface area (Å²) < 4.78 is 38.4. The molecular weight excluding hydrogens is 299 g/mol. The molecule has 3 N–H and O–H groups in total. The number of amides is 1. The van der Waals surface area contributed by atoms with Crippen molar-refractivity contribution in [2.24, 2.45) is 0 Å². The van der Waals surface area contributed by atoms with Crippen molar-refractivity contribution in [2.75, 3.05) is 6.54 Å². The van der Waals surface area contributed by atoms with Gasteiger partial charge in [0.2, 0.25) is 5.91 Å². The smallest absolute Gasteiger partial charge is 0.388 e. The zero-order valence-electron chi connectivity index (χ0n) is 10.4. The molecule has 1 aromatic rings. The number of hydrogen-bond acceptors (Lipinski definition) is 3. The minimum Gasteiger partial charge on any atom is -0.388 e. The van der Waals surface area contributed by atoms with Crippen LogP contribution in [-0.2, 0) is 11.0 Å². The minimum absolute atomic E-state index is 0.00113. The number of benzene rings is 1. The first-order valence-electron chi connectivity index (χ1n) is 5.60. The number of halogens is 4. The number of aliphatic hydroxyl groups is 2. The molecule has 1 rings (SSSR count). The first-order valence-corrected chi connectivity index (χ1v) is 5.98. The second-order valence-corrected chi connectivity index (χ2v) is 4.62. The lowest BCUT2D eigenvalue weighted by Gasteiger charge is -2.22. The topological polar surface area (TPSA) is 69.6 Å². The van der Waals surface area contributed by atoms with Crippen molar-refractivity contribution >= 4 is 17.5 Å². The van der Waals surface area contributed by atoms with Gasteiger partial charge in [-0.2, -0.15) is 13.2 Å². The van der Waals surface area contributed by atoms with Gasteiger partial charge < -0.3 is 15.5 Å². The van der Waals surface area contributed by atoms with Crippen molar-refractivity contribution in [1.29, 1.82) is 0 Å². The third-order valence-corrected chi connectivity index (χ3v) is 2.80. The van der Waals surface area contributed by atoms with Gasteiger partial charge in [-0.25, -0.2) is 0 Å². The van der Waals surface area contributed by atoms with Crippen molar-refractivity contribution in [3.05, 3.63) is 34.3 Å². The third kappa shape index (κ3) is 4.36. The Morgan fingerprint density at radius 2 is 2.00 bits per heavy atom. The highest BCUT2D eigenvalue weighted by Crippen LogP contribution is 2.36. The molecule has 4 nitrogen and oxygen atoms in total.